The summed E-state index contributed by atoms with van der Waals surface area (Å²) in [7, 11) is 0. The van der Waals surface area contributed by atoms with Crippen molar-refractivity contribution in [2.24, 2.45) is 0 Å². The van der Waals surface area contributed by atoms with Crippen LogP contribution in [0.2, 0.25) is 0 Å². The third kappa shape index (κ3) is 2.48. The highest BCUT2D eigenvalue weighted by Gasteiger charge is 2.15. The molecule has 17 heavy (non-hydrogen) atoms. The largest absolute Gasteiger partial charge is 0.384 e. The van der Waals surface area contributed by atoms with Gasteiger partial charge in [-0.25, -0.2) is 4.98 Å². The molecule has 3 N–H and O–H groups in total. The zero-order chi connectivity index (χ0) is 12.4. The van der Waals surface area contributed by atoms with Crippen LogP contribution in [0.3, 0.4) is 0 Å². The number of pyridine rings is 1. The summed E-state index contributed by atoms with van der Waals surface area (Å²) in [6, 6.07) is 9.30. The molecule has 1 aromatic heterocycles. The van der Waals surface area contributed by atoms with Crippen LogP contribution in [0.5, 0.6) is 0 Å². The SMILES string of the molecule is Cc1cc(Br)ccc1C(O)c1cccnc1N. The molecule has 0 spiro atoms. The molecule has 0 bridgehead atoms. The van der Waals surface area contributed by atoms with Crippen molar-refractivity contribution in [1.29, 1.82) is 0 Å². The number of halogens is 1. The van der Waals surface area contributed by atoms with Crippen molar-refractivity contribution < 1.29 is 5.11 Å². The molecule has 1 aromatic carbocycles. The maximum Gasteiger partial charge on any atom is 0.129 e. The van der Waals surface area contributed by atoms with E-state index in [1.807, 2.05) is 25.1 Å². The van der Waals surface area contributed by atoms with Gasteiger partial charge in [-0.3, -0.25) is 0 Å². The van der Waals surface area contributed by atoms with Gasteiger partial charge in [0.25, 0.3) is 0 Å². The molecule has 1 atom stereocenters. The summed E-state index contributed by atoms with van der Waals surface area (Å²) in [5.41, 5.74) is 8.25. The molecule has 4 heteroatoms. The first-order valence-electron chi connectivity index (χ1n) is 5.24. The van der Waals surface area contributed by atoms with Crippen molar-refractivity contribution in [2.45, 2.75) is 13.0 Å². The van der Waals surface area contributed by atoms with Gasteiger partial charge >= 0.3 is 0 Å². The predicted octanol–water partition coefficient (Wildman–Crippen LogP) is 2.82. The van der Waals surface area contributed by atoms with Crippen molar-refractivity contribution in [1.82, 2.24) is 4.98 Å². The molecule has 0 saturated carbocycles. The Bertz CT molecular complexity index is 543. The van der Waals surface area contributed by atoms with Crippen molar-refractivity contribution >= 4 is 21.7 Å². The number of rotatable bonds is 2. The van der Waals surface area contributed by atoms with E-state index in [0.717, 1.165) is 15.6 Å². The van der Waals surface area contributed by atoms with E-state index < -0.39 is 6.10 Å². The quantitative estimate of drug-likeness (QED) is 0.895. The highest BCUT2D eigenvalue weighted by molar-refractivity contribution is 9.10. The molecule has 0 aliphatic carbocycles. The van der Waals surface area contributed by atoms with Gasteiger partial charge in [0.15, 0.2) is 0 Å². The number of hydrogen-bond donors (Lipinski definition) is 2. The highest BCUT2D eigenvalue weighted by Crippen LogP contribution is 2.28. The Labute approximate surface area is 108 Å². The number of benzene rings is 1. The van der Waals surface area contributed by atoms with E-state index >= 15 is 0 Å². The van der Waals surface area contributed by atoms with Crippen LogP contribution in [-0.2, 0) is 0 Å². The van der Waals surface area contributed by atoms with E-state index in [9.17, 15) is 5.11 Å². The fourth-order valence-electron chi connectivity index (χ4n) is 1.77. The molecule has 0 fully saturated rings. The summed E-state index contributed by atoms with van der Waals surface area (Å²) in [6.45, 7) is 1.95. The minimum atomic E-state index is -0.739. The lowest BCUT2D eigenvalue weighted by molar-refractivity contribution is 0.220. The molecule has 0 radical (unpaired) electrons. The van der Waals surface area contributed by atoms with E-state index in [1.165, 1.54) is 0 Å². The predicted molar refractivity (Wildman–Crippen MR) is 71.6 cm³/mol. The standard InChI is InChI=1S/C13H13BrN2O/c1-8-7-9(14)4-5-10(8)12(17)11-3-2-6-16-13(11)15/h2-7,12,17H,1H3,(H2,15,16). The summed E-state index contributed by atoms with van der Waals surface area (Å²) < 4.78 is 0.991. The van der Waals surface area contributed by atoms with Gasteiger partial charge in [-0.05, 0) is 36.2 Å². The van der Waals surface area contributed by atoms with Gasteiger partial charge in [0.2, 0.25) is 0 Å². The molecule has 1 heterocycles. The molecule has 2 rings (SSSR count). The Morgan fingerprint density at radius 2 is 2.06 bits per heavy atom. The van der Waals surface area contributed by atoms with Gasteiger partial charge in [-0.1, -0.05) is 28.1 Å². The molecule has 1 unspecified atom stereocenters. The zero-order valence-electron chi connectivity index (χ0n) is 9.39. The Morgan fingerprint density at radius 1 is 1.29 bits per heavy atom. The number of aliphatic hydroxyl groups excluding tert-OH is 1. The number of anilines is 1. The zero-order valence-corrected chi connectivity index (χ0v) is 11.0. The number of nitrogens with two attached hydrogens (primary N) is 1. The summed E-state index contributed by atoms with van der Waals surface area (Å²) in [5, 5.41) is 10.3. The maximum atomic E-state index is 10.3. The summed E-state index contributed by atoms with van der Waals surface area (Å²) in [6.07, 6.45) is 0.872. The van der Waals surface area contributed by atoms with Crippen LogP contribution < -0.4 is 5.73 Å². The lowest BCUT2D eigenvalue weighted by atomic mass is 9.98. The maximum absolute atomic E-state index is 10.3. The Kier molecular flexibility index (Phi) is 3.45. The fourth-order valence-corrected chi connectivity index (χ4v) is 2.25. The number of aliphatic hydroxyl groups is 1. The van der Waals surface area contributed by atoms with E-state index in [2.05, 4.69) is 20.9 Å². The molecule has 0 aliphatic heterocycles. The second kappa shape index (κ2) is 4.85. The number of aryl methyl sites for hydroxylation is 1. The lowest BCUT2D eigenvalue weighted by Crippen LogP contribution is -2.06. The number of nitrogens with zero attached hydrogens (tertiary/aromatic N) is 1. The van der Waals surface area contributed by atoms with Gasteiger partial charge in [-0.2, -0.15) is 0 Å². The Balaban J connectivity index is 2.44. The highest BCUT2D eigenvalue weighted by atomic mass is 79.9. The molecule has 0 amide bonds. The number of aromatic nitrogens is 1. The summed E-state index contributed by atoms with van der Waals surface area (Å²) in [4.78, 5) is 3.98. The first-order valence-corrected chi connectivity index (χ1v) is 6.03. The smallest absolute Gasteiger partial charge is 0.129 e. The van der Waals surface area contributed by atoms with Crippen LogP contribution in [0.1, 0.15) is 22.8 Å². The monoisotopic (exact) mass is 292 g/mol. The van der Waals surface area contributed by atoms with E-state index in [4.69, 9.17) is 5.73 Å². The van der Waals surface area contributed by atoms with Crippen molar-refractivity contribution in [3.8, 4) is 0 Å². The van der Waals surface area contributed by atoms with E-state index in [0.29, 0.717) is 11.4 Å². The van der Waals surface area contributed by atoms with Crippen LogP contribution in [0.4, 0.5) is 5.82 Å². The molecular formula is C13H13BrN2O. The first-order chi connectivity index (χ1) is 8.09. The Morgan fingerprint density at radius 3 is 2.71 bits per heavy atom. The molecule has 3 nitrogen and oxygen atoms in total. The van der Waals surface area contributed by atoms with E-state index in [-0.39, 0.29) is 0 Å². The van der Waals surface area contributed by atoms with Crippen molar-refractivity contribution in [3.05, 3.63) is 57.7 Å². The second-order valence-electron chi connectivity index (χ2n) is 3.88. The van der Waals surface area contributed by atoms with Crippen molar-refractivity contribution in [2.75, 3.05) is 5.73 Å². The van der Waals surface area contributed by atoms with Crippen LogP contribution >= 0.6 is 15.9 Å². The molecule has 0 aliphatic rings. The minimum absolute atomic E-state index is 0.363. The summed E-state index contributed by atoms with van der Waals surface area (Å²) in [5.74, 6) is 0.363. The van der Waals surface area contributed by atoms with Crippen LogP contribution in [0.25, 0.3) is 0 Å². The molecule has 0 saturated heterocycles. The minimum Gasteiger partial charge on any atom is -0.384 e. The number of nitrogen functional groups attached to an aromatic ring is 1. The first kappa shape index (κ1) is 12.1. The topological polar surface area (TPSA) is 59.1 Å². The van der Waals surface area contributed by atoms with Crippen LogP contribution in [0.15, 0.2) is 41.0 Å². The van der Waals surface area contributed by atoms with E-state index in [1.54, 1.807) is 18.3 Å². The van der Waals surface area contributed by atoms with Crippen molar-refractivity contribution in [3.63, 3.8) is 0 Å². The van der Waals surface area contributed by atoms with Gasteiger partial charge < -0.3 is 10.8 Å². The average Bonchev–Trinajstić information content (AvgIpc) is 2.29. The second-order valence-corrected chi connectivity index (χ2v) is 4.80. The van der Waals surface area contributed by atoms with Gasteiger partial charge in [0.05, 0.1) is 0 Å². The average molecular weight is 293 g/mol. The van der Waals surface area contributed by atoms with Gasteiger partial charge in [-0.15, -0.1) is 0 Å². The third-order valence-electron chi connectivity index (χ3n) is 2.69. The number of hydrogen-bond acceptors (Lipinski definition) is 3. The summed E-state index contributed by atoms with van der Waals surface area (Å²) >= 11 is 3.40. The third-order valence-corrected chi connectivity index (χ3v) is 3.19. The van der Waals surface area contributed by atoms with Crippen LogP contribution in [0, 0.1) is 6.92 Å². The Hall–Kier alpha value is -1.39. The van der Waals surface area contributed by atoms with Gasteiger partial charge in [0.1, 0.15) is 11.9 Å². The lowest BCUT2D eigenvalue weighted by Gasteiger charge is -2.15. The fraction of sp³-hybridized carbons (Fsp3) is 0.154. The van der Waals surface area contributed by atoms with Crippen LogP contribution in [-0.4, -0.2) is 10.1 Å². The normalized spacial score (nSPS) is 12.4. The molecule has 88 valence electrons. The molecule has 2 aromatic rings. The van der Waals surface area contributed by atoms with Gasteiger partial charge in [0, 0.05) is 16.2 Å². The molecular weight excluding hydrogens is 280 g/mol.